The fraction of sp³-hybridized carbons (Fsp3) is 0.577. The Labute approximate surface area is 658 Å². The first-order chi connectivity index (χ1) is 52.8. The van der Waals surface area contributed by atoms with Gasteiger partial charge in [0.05, 0.1) is 47.7 Å². The zero-order chi connectivity index (χ0) is 83.0. The Hall–Kier alpha value is -8.64. The Bertz CT molecular complexity index is 4390. The second kappa shape index (κ2) is 50.4. The van der Waals surface area contributed by atoms with E-state index in [9.17, 15) is 69.5 Å². The first-order valence-electron chi connectivity index (χ1n) is 38.2. The normalized spacial score (nSPS) is 12.0. The zero-order valence-corrected chi connectivity index (χ0v) is 68.0. The predicted octanol–water partition coefficient (Wildman–Crippen LogP) is 18.1. The van der Waals surface area contributed by atoms with Gasteiger partial charge < -0.3 is 24.0 Å². The first kappa shape index (κ1) is 96.6. The fourth-order valence-corrected chi connectivity index (χ4v) is 11.2. The van der Waals surface area contributed by atoms with Crippen LogP contribution in [-0.2, 0) is 89.8 Å². The summed E-state index contributed by atoms with van der Waals surface area (Å²) < 4.78 is 104. The number of ether oxygens (including phenoxy) is 3. The lowest BCUT2D eigenvalue weighted by Gasteiger charge is -2.21. The van der Waals surface area contributed by atoms with Gasteiger partial charge in [0.2, 0.25) is 5.24 Å². The molecule has 0 radical (unpaired) electrons. The molecule has 1 N–H and O–H groups in total. The molecule has 0 bridgehead atoms. The highest BCUT2D eigenvalue weighted by atomic mass is 35.5. The van der Waals surface area contributed by atoms with E-state index < -0.39 is 69.3 Å². The standard InChI is InChI=1S/C30H37F3N6O4.C21H21F3N6O2.2C9H17ClO2.C6H11ClO.C3H6O/c1-5-9-10-14-24(40)43-23(7-3)39-25-27(37(8-4)29(42)38(15-6-2)28(25)41)35-26(39)21-17-34-36(19-21)18-20-12-11-13-22(16-20)30(31,32)33;1-3-8-30-19(31)16-18(29(4-2)20(30)32)27-17(26-16)14-10-25-28(12-14)11-13-6-5-7-15(9-13)21(22,23)24;2*1-3-5-6-7-9(11)12-8(10)4-2;1-2-3-4-5-6(7)8;1-2-3-4/h11-13,16-17,19,23H,5-10,14-15,18H2,1-4H3;5-7,9-10,12H,3-4,8,11H2,1-2H3,(H,26,27);2*8H,3-7H2,1-2H3;2-5H2,1H3;3H,2H2,1H3. The molecule has 8 aromatic rings. The molecule has 111 heavy (non-hydrogen) atoms. The highest BCUT2D eigenvalue weighted by Gasteiger charge is 2.33. The largest absolute Gasteiger partial charge is 0.446 e. The molecule has 33 heteroatoms. The van der Waals surface area contributed by atoms with E-state index in [0.717, 1.165) is 101 Å². The lowest BCUT2D eigenvalue weighted by molar-refractivity contribution is -0.154. The molecule has 0 saturated heterocycles. The van der Waals surface area contributed by atoms with Crippen molar-refractivity contribution in [3.63, 3.8) is 0 Å². The molecule has 616 valence electrons. The Morgan fingerprint density at radius 1 is 0.523 bits per heavy atom. The summed E-state index contributed by atoms with van der Waals surface area (Å²) in [5.41, 5.74) is -1.64. The first-order valence-corrected chi connectivity index (χ1v) is 39.5. The molecule has 24 nitrogen and oxygen atoms in total. The number of benzene rings is 2. The maximum absolute atomic E-state index is 13.8. The summed E-state index contributed by atoms with van der Waals surface area (Å²) in [7, 11) is 0. The van der Waals surface area contributed by atoms with Gasteiger partial charge >= 0.3 is 41.6 Å². The van der Waals surface area contributed by atoms with Crippen LogP contribution in [0.4, 0.5) is 26.3 Å². The van der Waals surface area contributed by atoms with Gasteiger partial charge in [-0.25, -0.2) is 19.6 Å². The van der Waals surface area contributed by atoms with E-state index in [1.165, 1.54) is 52.2 Å². The molecule has 3 atom stereocenters. The van der Waals surface area contributed by atoms with Gasteiger partial charge in [-0.15, -0.1) is 0 Å². The number of nitrogens with zero attached hydrogens (tertiary/aromatic N) is 11. The van der Waals surface area contributed by atoms with E-state index in [2.05, 4.69) is 40.9 Å². The summed E-state index contributed by atoms with van der Waals surface area (Å²) in [5.74, 6) is -0.156. The number of H-pyrrole nitrogens is 1. The highest BCUT2D eigenvalue weighted by molar-refractivity contribution is 6.63. The molecule has 8 rings (SSSR count). The topological polar surface area (TPSA) is 283 Å². The molecule has 0 fully saturated rings. The Morgan fingerprint density at radius 2 is 0.937 bits per heavy atom. The summed E-state index contributed by atoms with van der Waals surface area (Å²) in [6, 6.07) is 10.0. The number of aldehydes is 1. The maximum Gasteiger partial charge on any atom is 0.416 e. The van der Waals surface area contributed by atoms with Crippen molar-refractivity contribution in [2.75, 3.05) is 0 Å². The number of carbonyl (C=O) groups is 5. The number of carbonyl (C=O) groups excluding carboxylic acids is 5. The van der Waals surface area contributed by atoms with Crippen molar-refractivity contribution < 1.29 is 64.5 Å². The van der Waals surface area contributed by atoms with E-state index in [1.807, 2.05) is 48.5 Å². The Balaban J connectivity index is 0.000000406. The van der Waals surface area contributed by atoms with Gasteiger partial charge in [-0.1, -0.05) is 168 Å². The predicted molar refractivity (Wildman–Crippen MR) is 420 cm³/mol. The van der Waals surface area contributed by atoms with Crippen LogP contribution >= 0.6 is 34.8 Å². The van der Waals surface area contributed by atoms with E-state index in [1.54, 1.807) is 42.9 Å². The van der Waals surface area contributed by atoms with Gasteiger partial charge in [-0.05, 0) is 112 Å². The summed E-state index contributed by atoms with van der Waals surface area (Å²) >= 11 is 16.3. The number of alkyl halides is 8. The number of unbranched alkanes of at least 4 members (excludes halogenated alkanes) is 8. The monoisotopic (exact) mass is 1620 g/mol. The van der Waals surface area contributed by atoms with Crippen molar-refractivity contribution in [3.8, 4) is 22.8 Å². The van der Waals surface area contributed by atoms with Crippen LogP contribution in [0.3, 0.4) is 0 Å². The second-order valence-corrected chi connectivity index (χ2v) is 27.1. The Morgan fingerprint density at radius 3 is 1.33 bits per heavy atom. The molecule has 0 saturated carbocycles. The van der Waals surface area contributed by atoms with E-state index in [4.69, 9.17) is 54.0 Å². The number of fused-ring (bicyclic) bond motifs is 2. The summed E-state index contributed by atoms with van der Waals surface area (Å²) in [4.78, 5) is 119. The average molecular weight is 1630 g/mol. The van der Waals surface area contributed by atoms with Crippen molar-refractivity contribution in [2.24, 2.45) is 0 Å². The van der Waals surface area contributed by atoms with Gasteiger partial charge in [0.25, 0.3) is 11.1 Å². The highest BCUT2D eigenvalue weighted by Crippen LogP contribution is 2.33. The number of hydrogen-bond acceptors (Lipinski definition) is 16. The van der Waals surface area contributed by atoms with E-state index in [0.29, 0.717) is 105 Å². The molecular weight excluding hydrogens is 1520 g/mol. The van der Waals surface area contributed by atoms with Crippen LogP contribution in [0, 0.1) is 0 Å². The number of aromatic amines is 1. The average Bonchev–Trinajstić information content (AvgIpc) is 1.60. The van der Waals surface area contributed by atoms with Crippen molar-refractivity contribution in [1.82, 2.24) is 57.3 Å². The van der Waals surface area contributed by atoms with E-state index >= 15 is 0 Å². The molecule has 0 aliphatic rings. The SMILES string of the molecule is CCC=O.CCCCCC(=O)Cl.CCCCCC(=O)OC(CC)n1c(-c2cnn(Cc3cccc(C(F)(F)F)c3)c2)nc2c1c(=O)n(CCC)c(=O)n2CC.CCCCCC(=O)OC(Cl)CC.CCCCCC(=O)OC(Cl)CC.CCCn1c(=O)c2[nH]c(-c3cnn(Cc4cccc(C(F)(F)F)c4)c3)nc2n(CC)c1=O. The van der Waals surface area contributed by atoms with Crippen LogP contribution < -0.4 is 22.5 Å². The second-order valence-electron chi connectivity index (χ2n) is 25.7. The molecule has 6 aromatic heterocycles. The van der Waals surface area contributed by atoms with Crippen LogP contribution in [-0.4, -0.2) is 97.9 Å². The van der Waals surface area contributed by atoms with Crippen LogP contribution in [0.15, 0.2) is 92.5 Å². The van der Waals surface area contributed by atoms with Crippen LogP contribution in [0.5, 0.6) is 0 Å². The number of rotatable bonds is 36. The minimum atomic E-state index is -4.47. The third kappa shape index (κ3) is 31.5. The molecule has 0 aliphatic heterocycles. The van der Waals surface area contributed by atoms with Gasteiger partial charge in [0.15, 0.2) is 34.2 Å². The maximum atomic E-state index is 13.8. The fourth-order valence-electron chi connectivity index (χ4n) is 10.8. The van der Waals surface area contributed by atoms with Crippen molar-refractivity contribution in [3.05, 3.63) is 137 Å². The summed E-state index contributed by atoms with van der Waals surface area (Å²) in [5, 5.41) is 8.33. The lowest BCUT2D eigenvalue weighted by Crippen LogP contribution is -2.40. The molecule has 3 unspecified atom stereocenters. The van der Waals surface area contributed by atoms with Crippen molar-refractivity contribution >= 4 is 86.6 Å². The molecule has 2 aromatic carbocycles. The third-order valence-electron chi connectivity index (χ3n) is 16.6. The Kier molecular flexibility index (Phi) is 43.8. The third-order valence-corrected chi connectivity index (χ3v) is 17.6. The minimum Gasteiger partial charge on any atom is -0.446 e. The number of hydrogen-bond donors (Lipinski definition) is 1. The number of halogens is 9. The quantitative estimate of drug-likeness (QED) is 0.00726. The molecule has 0 amide bonds. The number of aromatic nitrogens is 12. The van der Waals surface area contributed by atoms with Gasteiger partial charge in [0.1, 0.15) is 23.5 Å². The van der Waals surface area contributed by atoms with Crippen LogP contribution in [0.25, 0.3) is 45.1 Å². The van der Waals surface area contributed by atoms with E-state index in [-0.39, 0.29) is 77.9 Å². The van der Waals surface area contributed by atoms with Crippen LogP contribution in [0.1, 0.15) is 253 Å². The minimum absolute atomic E-state index is 0.0523. The molecule has 0 aliphatic carbocycles. The number of aryl methyl sites for hydroxylation is 2. The van der Waals surface area contributed by atoms with Crippen molar-refractivity contribution in [1.29, 1.82) is 0 Å². The molecular formula is C78H109Cl3F6N12O12. The lowest BCUT2D eigenvalue weighted by atomic mass is 10.1. The van der Waals surface area contributed by atoms with Gasteiger partial charge in [-0.3, -0.25) is 61.0 Å². The number of esters is 3. The smallest absolute Gasteiger partial charge is 0.416 e. The summed E-state index contributed by atoms with van der Waals surface area (Å²) in [6.45, 7) is 24.3. The molecule has 0 spiro atoms. The molecule has 6 heterocycles. The van der Waals surface area contributed by atoms with Crippen molar-refractivity contribution in [2.45, 2.75) is 293 Å². The summed E-state index contributed by atoms with van der Waals surface area (Å²) in [6.07, 6.45) is 14.4. The number of nitrogens with one attached hydrogen (secondary N) is 1. The number of imidazole rings is 2. The van der Waals surface area contributed by atoms with Crippen LogP contribution in [0.2, 0.25) is 0 Å². The van der Waals surface area contributed by atoms with Gasteiger partial charge in [-0.2, -0.15) is 36.5 Å². The zero-order valence-electron chi connectivity index (χ0n) is 65.8. The van der Waals surface area contributed by atoms with Gasteiger partial charge in [0, 0.05) is 77.1 Å².